The van der Waals surface area contributed by atoms with Crippen LogP contribution in [0.1, 0.15) is 30.3 Å². The maximum Gasteiger partial charge on any atom is 0.110 e. The van der Waals surface area contributed by atoms with E-state index in [0.717, 1.165) is 24.0 Å². The molecule has 106 valence electrons. The zero-order valence-corrected chi connectivity index (χ0v) is 11.9. The van der Waals surface area contributed by atoms with Crippen LogP contribution in [-0.2, 0) is 12.8 Å². The summed E-state index contributed by atoms with van der Waals surface area (Å²) in [5, 5.41) is 0. The fraction of sp³-hybridized carbons (Fsp3) is 0.294. The van der Waals surface area contributed by atoms with Crippen LogP contribution in [0.2, 0.25) is 0 Å². The second kappa shape index (κ2) is 4.88. The van der Waals surface area contributed by atoms with Crippen LogP contribution in [-0.4, -0.2) is 14.5 Å². The summed E-state index contributed by atoms with van der Waals surface area (Å²) in [6, 6.07) is 10.8. The fourth-order valence-corrected chi connectivity index (χ4v) is 2.86. The van der Waals surface area contributed by atoms with Crippen molar-refractivity contribution in [2.24, 2.45) is 0 Å². The van der Waals surface area contributed by atoms with Gasteiger partial charge in [-0.15, -0.1) is 0 Å². The van der Waals surface area contributed by atoms with Crippen molar-refractivity contribution in [2.45, 2.75) is 31.7 Å². The molecule has 0 unspecified atom stereocenters. The molecule has 0 bridgehead atoms. The van der Waals surface area contributed by atoms with Crippen molar-refractivity contribution in [1.29, 1.82) is 0 Å². The smallest absolute Gasteiger partial charge is 0.110 e. The monoisotopic (exact) mass is 278 g/mol. The molecule has 3 aromatic rings. The van der Waals surface area contributed by atoms with Crippen molar-refractivity contribution in [1.82, 2.24) is 14.5 Å². The average Bonchev–Trinajstić information content (AvgIpc) is 3.27. The third-order valence-corrected chi connectivity index (χ3v) is 4.09. The molecular formula is C17H18N4. The number of pyridine rings is 1. The standard InChI is InChI=1S/C17H18N4/c18-13-4-1-12(2-5-13)3-8-17-20-15-11-19-10-9-16(15)21(17)14-6-7-14/h1-2,4-5,9-11,14H,3,6-8,18H2. The molecule has 2 aromatic heterocycles. The van der Waals surface area contributed by atoms with Gasteiger partial charge in [0.2, 0.25) is 0 Å². The number of nitrogens with two attached hydrogens (primary N) is 1. The van der Waals surface area contributed by atoms with Gasteiger partial charge < -0.3 is 10.3 Å². The molecule has 4 nitrogen and oxygen atoms in total. The first-order chi connectivity index (χ1) is 10.3. The summed E-state index contributed by atoms with van der Waals surface area (Å²) in [5.41, 5.74) is 10.1. The molecule has 2 N–H and O–H groups in total. The second-order valence-corrected chi connectivity index (χ2v) is 5.74. The van der Waals surface area contributed by atoms with Gasteiger partial charge in [0.25, 0.3) is 0 Å². The molecule has 0 amide bonds. The van der Waals surface area contributed by atoms with E-state index in [1.165, 1.54) is 29.7 Å². The Morgan fingerprint density at radius 3 is 2.67 bits per heavy atom. The fourth-order valence-electron chi connectivity index (χ4n) is 2.86. The van der Waals surface area contributed by atoms with E-state index < -0.39 is 0 Å². The SMILES string of the molecule is Nc1ccc(CCc2nc3cnccc3n2C2CC2)cc1. The highest BCUT2D eigenvalue weighted by atomic mass is 15.1. The highest BCUT2D eigenvalue weighted by Crippen LogP contribution is 2.38. The Hall–Kier alpha value is -2.36. The molecule has 1 aliphatic carbocycles. The minimum Gasteiger partial charge on any atom is -0.399 e. The first kappa shape index (κ1) is 12.4. The Kier molecular flexibility index (Phi) is 2.88. The summed E-state index contributed by atoms with van der Waals surface area (Å²) in [4.78, 5) is 8.97. The number of aromatic nitrogens is 3. The van der Waals surface area contributed by atoms with E-state index in [9.17, 15) is 0 Å². The van der Waals surface area contributed by atoms with E-state index in [2.05, 4.69) is 27.8 Å². The summed E-state index contributed by atoms with van der Waals surface area (Å²) < 4.78 is 2.41. The Balaban J connectivity index is 1.63. The molecule has 2 heterocycles. The van der Waals surface area contributed by atoms with Crippen molar-refractivity contribution in [3.63, 3.8) is 0 Å². The van der Waals surface area contributed by atoms with Gasteiger partial charge in [0.05, 0.1) is 11.7 Å². The number of anilines is 1. The van der Waals surface area contributed by atoms with Gasteiger partial charge in [-0.1, -0.05) is 12.1 Å². The number of imidazole rings is 1. The maximum absolute atomic E-state index is 5.73. The van der Waals surface area contributed by atoms with Crippen LogP contribution >= 0.6 is 0 Å². The lowest BCUT2D eigenvalue weighted by molar-refractivity contribution is 0.692. The molecule has 1 fully saturated rings. The molecule has 4 heteroatoms. The normalized spacial score (nSPS) is 14.7. The van der Waals surface area contributed by atoms with Gasteiger partial charge in [-0.05, 0) is 43.0 Å². The van der Waals surface area contributed by atoms with E-state index in [1.54, 1.807) is 0 Å². The summed E-state index contributed by atoms with van der Waals surface area (Å²) >= 11 is 0. The van der Waals surface area contributed by atoms with Crippen LogP contribution in [0.4, 0.5) is 5.69 Å². The van der Waals surface area contributed by atoms with Crippen LogP contribution < -0.4 is 5.73 Å². The van der Waals surface area contributed by atoms with Crippen molar-refractivity contribution >= 4 is 16.7 Å². The third kappa shape index (κ3) is 2.37. The zero-order chi connectivity index (χ0) is 14.2. The second-order valence-electron chi connectivity index (χ2n) is 5.74. The van der Waals surface area contributed by atoms with Gasteiger partial charge in [-0.25, -0.2) is 4.98 Å². The Morgan fingerprint density at radius 1 is 1.10 bits per heavy atom. The molecule has 1 aliphatic rings. The third-order valence-electron chi connectivity index (χ3n) is 4.09. The van der Waals surface area contributed by atoms with Gasteiger partial charge >= 0.3 is 0 Å². The summed E-state index contributed by atoms with van der Waals surface area (Å²) in [7, 11) is 0. The number of aryl methyl sites for hydroxylation is 2. The van der Waals surface area contributed by atoms with Gasteiger partial charge in [0, 0.05) is 24.3 Å². The average molecular weight is 278 g/mol. The lowest BCUT2D eigenvalue weighted by Crippen LogP contribution is -2.03. The summed E-state index contributed by atoms with van der Waals surface area (Å²) in [6.07, 6.45) is 8.19. The first-order valence-electron chi connectivity index (χ1n) is 7.46. The van der Waals surface area contributed by atoms with Gasteiger partial charge in [-0.2, -0.15) is 0 Å². The van der Waals surface area contributed by atoms with Crippen molar-refractivity contribution in [2.75, 3.05) is 5.73 Å². The number of hydrogen-bond donors (Lipinski definition) is 1. The predicted octanol–water partition coefficient (Wildman–Crippen LogP) is 3.13. The predicted molar refractivity (Wildman–Crippen MR) is 84.1 cm³/mol. The highest BCUT2D eigenvalue weighted by molar-refractivity contribution is 5.75. The lowest BCUT2D eigenvalue weighted by Gasteiger charge is -2.07. The van der Waals surface area contributed by atoms with E-state index >= 15 is 0 Å². The quantitative estimate of drug-likeness (QED) is 0.746. The topological polar surface area (TPSA) is 56.7 Å². The van der Waals surface area contributed by atoms with Crippen molar-refractivity contribution in [3.8, 4) is 0 Å². The van der Waals surface area contributed by atoms with Crippen LogP contribution in [0.15, 0.2) is 42.7 Å². The van der Waals surface area contributed by atoms with E-state index in [1.807, 2.05) is 24.5 Å². The van der Waals surface area contributed by atoms with Crippen LogP contribution in [0.3, 0.4) is 0 Å². The van der Waals surface area contributed by atoms with Crippen molar-refractivity contribution in [3.05, 3.63) is 54.1 Å². The lowest BCUT2D eigenvalue weighted by atomic mass is 10.1. The molecule has 1 aromatic carbocycles. The number of fused-ring (bicyclic) bond motifs is 1. The maximum atomic E-state index is 5.73. The minimum atomic E-state index is 0.638. The molecule has 0 atom stereocenters. The molecule has 0 aliphatic heterocycles. The minimum absolute atomic E-state index is 0.638. The molecule has 1 saturated carbocycles. The zero-order valence-electron chi connectivity index (χ0n) is 11.9. The van der Waals surface area contributed by atoms with Crippen LogP contribution in [0, 0.1) is 0 Å². The molecule has 21 heavy (non-hydrogen) atoms. The Morgan fingerprint density at radius 2 is 1.90 bits per heavy atom. The van der Waals surface area contributed by atoms with Gasteiger partial charge in [-0.3, -0.25) is 4.98 Å². The van der Waals surface area contributed by atoms with Crippen LogP contribution in [0.5, 0.6) is 0 Å². The first-order valence-corrected chi connectivity index (χ1v) is 7.46. The van der Waals surface area contributed by atoms with Crippen molar-refractivity contribution < 1.29 is 0 Å². The number of nitrogens with zero attached hydrogens (tertiary/aromatic N) is 3. The van der Waals surface area contributed by atoms with Crippen LogP contribution in [0.25, 0.3) is 11.0 Å². The van der Waals surface area contributed by atoms with E-state index in [0.29, 0.717) is 6.04 Å². The number of rotatable bonds is 4. The summed E-state index contributed by atoms with van der Waals surface area (Å²) in [6.45, 7) is 0. The Bertz CT molecular complexity index is 769. The molecular weight excluding hydrogens is 260 g/mol. The Labute approximate surface area is 123 Å². The van der Waals surface area contributed by atoms with Gasteiger partial charge in [0.1, 0.15) is 11.3 Å². The highest BCUT2D eigenvalue weighted by Gasteiger charge is 2.27. The number of nitrogen functional groups attached to an aromatic ring is 1. The van der Waals surface area contributed by atoms with Gasteiger partial charge in [0.15, 0.2) is 0 Å². The van der Waals surface area contributed by atoms with E-state index in [-0.39, 0.29) is 0 Å². The molecule has 4 rings (SSSR count). The number of hydrogen-bond acceptors (Lipinski definition) is 3. The summed E-state index contributed by atoms with van der Waals surface area (Å²) in [5.74, 6) is 1.18. The molecule has 0 saturated heterocycles. The number of benzene rings is 1. The van der Waals surface area contributed by atoms with E-state index in [4.69, 9.17) is 10.7 Å². The largest absolute Gasteiger partial charge is 0.399 e. The molecule has 0 spiro atoms. The molecule has 0 radical (unpaired) electrons.